The monoisotopic (exact) mass is 309 g/mol. The van der Waals surface area contributed by atoms with Crippen LogP contribution in [-0.2, 0) is 9.59 Å². The summed E-state index contributed by atoms with van der Waals surface area (Å²) in [5.41, 5.74) is 0.466. The molecule has 0 aliphatic heterocycles. The molecule has 0 radical (unpaired) electrons. The van der Waals surface area contributed by atoms with Gasteiger partial charge < -0.3 is 5.32 Å². The Labute approximate surface area is 115 Å². The number of benzene rings is 1. The van der Waals surface area contributed by atoms with Gasteiger partial charge in [0.05, 0.1) is 0 Å². The van der Waals surface area contributed by atoms with Crippen LogP contribution >= 0.6 is 15.9 Å². The molecule has 0 aliphatic carbocycles. The molecule has 0 saturated carbocycles. The number of amides is 1. The maximum absolute atomic E-state index is 11.6. The lowest BCUT2D eigenvalue weighted by Crippen LogP contribution is -2.43. The summed E-state index contributed by atoms with van der Waals surface area (Å²) in [6, 6.07) is 7.46. The van der Waals surface area contributed by atoms with Gasteiger partial charge in [-0.05, 0) is 44.5 Å². The fourth-order valence-corrected chi connectivity index (χ4v) is 1.49. The molecule has 1 aromatic carbocycles. The van der Waals surface area contributed by atoms with Crippen LogP contribution in [-0.4, -0.2) is 17.2 Å². The average Bonchev–Trinajstić information content (AvgIpc) is 2.25. The van der Waals surface area contributed by atoms with Gasteiger partial charge in [-0.2, -0.15) is 0 Å². The van der Waals surface area contributed by atoms with Crippen molar-refractivity contribution in [3.8, 4) is 0 Å². The van der Waals surface area contributed by atoms with E-state index in [1.807, 2.05) is 45.0 Å². The van der Waals surface area contributed by atoms with Crippen LogP contribution in [0.3, 0.4) is 0 Å². The molecule has 0 fully saturated rings. The fourth-order valence-electron chi connectivity index (χ4n) is 1.22. The van der Waals surface area contributed by atoms with E-state index in [4.69, 9.17) is 0 Å². The molecule has 1 aromatic rings. The molecule has 0 aromatic heterocycles. The zero-order valence-corrected chi connectivity index (χ0v) is 12.2. The third-order valence-corrected chi connectivity index (χ3v) is 2.54. The lowest BCUT2D eigenvalue weighted by Gasteiger charge is -2.19. The lowest BCUT2D eigenvalue weighted by atomic mass is 10.1. The zero-order chi connectivity index (χ0) is 13.8. The summed E-state index contributed by atoms with van der Waals surface area (Å²) >= 11 is 3.33. The molecule has 0 bridgehead atoms. The molecule has 96 valence electrons. The summed E-state index contributed by atoms with van der Waals surface area (Å²) in [6.07, 6.45) is 2.90. The van der Waals surface area contributed by atoms with Crippen molar-refractivity contribution in [3.05, 3.63) is 40.4 Å². The second-order valence-electron chi connectivity index (χ2n) is 4.95. The SMILES string of the molecule is CC(C)(C)NC(=O)C(=O)/C=C/c1ccc(Br)cc1. The van der Waals surface area contributed by atoms with Crippen molar-refractivity contribution in [2.24, 2.45) is 0 Å². The van der Waals surface area contributed by atoms with Gasteiger partial charge in [0, 0.05) is 10.0 Å². The van der Waals surface area contributed by atoms with E-state index in [1.165, 1.54) is 6.08 Å². The number of carbonyl (C=O) groups excluding carboxylic acids is 2. The first-order valence-corrected chi connectivity index (χ1v) is 6.37. The maximum atomic E-state index is 11.6. The van der Waals surface area contributed by atoms with Gasteiger partial charge in [0.15, 0.2) is 0 Å². The number of hydrogen-bond donors (Lipinski definition) is 1. The summed E-state index contributed by atoms with van der Waals surface area (Å²) < 4.78 is 0.969. The molecular formula is C14H16BrNO2. The van der Waals surface area contributed by atoms with E-state index in [0.717, 1.165) is 10.0 Å². The smallest absolute Gasteiger partial charge is 0.292 e. The van der Waals surface area contributed by atoms with Crippen LogP contribution in [0.1, 0.15) is 26.3 Å². The molecule has 3 nitrogen and oxygen atoms in total. The van der Waals surface area contributed by atoms with Gasteiger partial charge in [0.25, 0.3) is 5.91 Å². The molecule has 1 rings (SSSR count). The minimum atomic E-state index is -0.587. The highest BCUT2D eigenvalue weighted by Crippen LogP contribution is 2.11. The van der Waals surface area contributed by atoms with Crippen molar-refractivity contribution < 1.29 is 9.59 Å². The summed E-state index contributed by atoms with van der Waals surface area (Å²) in [5, 5.41) is 2.62. The summed E-state index contributed by atoms with van der Waals surface area (Å²) in [5.74, 6) is -1.14. The minimum absolute atomic E-state index is 0.405. The molecule has 0 heterocycles. The van der Waals surface area contributed by atoms with E-state index < -0.39 is 17.2 Å². The molecule has 0 saturated heterocycles. The Morgan fingerprint density at radius 1 is 1.17 bits per heavy atom. The molecule has 0 atom stereocenters. The van der Waals surface area contributed by atoms with E-state index in [0.29, 0.717) is 0 Å². The Morgan fingerprint density at radius 2 is 1.72 bits per heavy atom. The van der Waals surface area contributed by atoms with Crippen LogP contribution < -0.4 is 5.32 Å². The first kappa shape index (κ1) is 14.6. The Balaban J connectivity index is 2.64. The number of halogens is 1. The van der Waals surface area contributed by atoms with Gasteiger partial charge in [0.2, 0.25) is 5.78 Å². The highest BCUT2D eigenvalue weighted by molar-refractivity contribution is 9.10. The molecular weight excluding hydrogens is 294 g/mol. The first-order chi connectivity index (χ1) is 8.28. The predicted molar refractivity (Wildman–Crippen MR) is 76.1 cm³/mol. The predicted octanol–water partition coefficient (Wildman–Crippen LogP) is 2.95. The Hall–Kier alpha value is -1.42. The number of nitrogens with one attached hydrogen (secondary N) is 1. The van der Waals surface area contributed by atoms with Crippen molar-refractivity contribution in [1.82, 2.24) is 5.32 Å². The molecule has 0 unspecified atom stereocenters. The highest BCUT2D eigenvalue weighted by atomic mass is 79.9. The molecule has 18 heavy (non-hydrogen) atoms. The molecule has 0 spiro atoms. The van der Waals surface area contributed by atoms with E-state index in [1.54, 1.807) is 6.08 Å². The van der Waals surface area contributed by atoms with Gasteiger partial charge in [-0.15, -0.1) is 0 Å². The third kappa shape index (κ3) is 5.27. The summed E-state index contributed by atoms with van der Waals surface area (Å²) in [6.45, 7) is 5.49. The largest absolute Gasteiger partial charge is 0.345 e. The van der Waals surface area contributed by atoms with Gasteiger partial charge in [0.1, 0.15) is 0 Å². The van der Waals surface area contributed by atoms with E-state index in [2.05, 4.69) is 21.2 Å². The standard InChI is InChI=1S/C14H16BrNO2/c1-14(2,3)16-13(18)12(17)9-6-10-4-7-11(15)8-5-10/h4-9H,1-3H3,(H,16,18)/b9-6+. The van der Waals surface area contributed by atoms with E-state index in [-0.39, 0.29) is 0 Å². The fraction of sp³-hybridized carbons (Fsp3) is 0.286. The van der Waals surface area contributed by atoms with Crippen molar-refractivity contribution in [3.63, 3.8) is 0 Å². The van der Waals surface area contributed by atoms with Gasteiger partial charge in [-0.1, -0.05) is 34.1 Å². The van der Waals surface area contributed by atoms with Gasteiger partial charge >= 0.3 is 0 Å². The van der Waals surface area contributed by atoms with Crippen molar-refractivity contribution in [1.29, 1.82) is 0 Å². The summed E-state index contributed by atoms with van der Waals surface area (Å²) in [7, 11) is 0. The van der Waals surface area contributed by atoms with Crippen molar-refractivity contribution in [2.75, 3.05) is 0 Å². The van der Waals surface area contributed by atoms with E-state index in [9.17, 15) is 9.59 Å². The number of hydrogen-bond acceptors (Lipinski definition) is 2. The second-order valence-corrected chi connectivity index (χ2v) is 5.87. The van der Waals surface area contributed by atoms with Crippen LogP contribution in [0.2, 0.25) is 0 Å². The van der Waals surface area contributed by atoms with Crippen LogP contribution in [0.5, 0.6) is 0 Å². The molecule has 4 heteroatoms. The first-order valence-electron chi connectivity index (χ1n) is 5.58. The summed E-state index contributed by atoms with van der Waals surface area (Å²) in [4.78, 5) is 23.1. The van der Waals surface area contributed by atoms with Crippen LogP contribution in [0.25, 0.3) is 6.08 Å². The van der Waals surface area contributed by atoms with Crippen LogP contribution in [0, 0.1) is 0 Å². The van der Waals surface area contributed by atoms with Crippen LogP contribution in [0.4, 0.5) is 0 Å². The third-order valence-electron chi connectivity index (χ3n) is 2.01. The quantitative estimate of drug-likeness (QED) is 0.689. The van der Waals surface area contributed by atoms with Gasteiger partial charge in [-0.25, -0.2) is 0 Å². The Kier molecular flexibility index (Phi) is 4.84. The Morgan fingerprint density at radius 3 is 2.22 bits per heavy atom. The molecule has 0 aliphatic rings. The minimum Gasteiger partial charge on any atom is -0.345 e. The average molecular weight is 310 g/mol. The highest BCUT2D eigenvalue weighted by Gasteiger charge is 2.17. The topological polar surface area (TPSA) is 46.2 Å². The number of carbonyl (C=O) groups is 2. The number of ketones is 1. The number of rotatable bonds is 3. The van der Waals surface area contributed by atoms with E-state index >= 15 is 0 Å². The maximum Gasteiger partial charge on any atom is 0.292 e. The zero-order valence-electron chi connectivity index (χ0n) is 10.7. The van der Waals surface area contributed by atoms with Crippen LogP contribution in [0.15, 0.2) is 34.8 Å². The Bertz CT molecular complexity index is 470. The van der Waals surface area contributed by atoms with Crippen molar-refractivity contribution >= 4 is 33.7 Å². The van der Waals surface area contributed by atoms with Gasteiger partial charge in [-0.3, -0.25) is 9.59 Å². The second kappa shape index (κ2) is 5.96. The molecule has 1 N–H and O–H groups in total. The lowest BCUT2D eigenvalue weighted by molar-refractivity contribution is -0.136. The van der Waals surface area contributed by atoms with Crippen molar-refractivity contribution in [2.45, 2.75) is 26.3 Å². The molecule has 1 amide bonds. The normalized spacial score (nSPS) is 11.6.